The minimum absolute atomic E-state index is 0. The molecule has 1 fully saturated rings. The van der Waals surface area contributed by atoms with Gasteiger partial charge in [0.25, 0.3) is 0 Å². The zero-order valence-corrected chi connectivity index (χ0v) is 19.9. The number of likely N-dealkylation sites (N-methyl/N-ethyl adjacent to an activating group) is 1. The van der Waals surface area contributed by atoms with Gasteiger partial charge in [-0.1, -0.05) is 37.1 Å². The minimum atomic E-state index is 0. The number of carbonyl (C=O) groups excluding carboxylic acids is 1. The van der Waals surface area contributed by atoms with Crippen LogP contribution in [0.2, 0.25) is 0 Å². The lowest BCUT2D eigenvalue weighted by molar-refractivity contribution is -0.127. The molecule has 0 bridgehead atoms. The summed E-state index contributed by atoms with van der Waals surface area (Å²) in [5.41, 5.74) is 2.54. The summed E-state index contributed by atoms with van der Waals surface area (Å²) in [6.45, 7) is 7.09. The van der Waals surface area contributed by atoms with Gasteiger partial charge in [0.1, 0.15) is 0 Å². The van der Waals surface area contributed by atoms with E-state index in [4.69, 9.17) is 0 Å². The Hall–Kier alpha value is -1.35. The number of hydrogen-bond donors (Lipinski definition) is 2. The first-order valence-electron chi connectivity index (χ1n) is 10.1. The van der Waals surface area contributed by atoms with Crippen LogP contribution in [-0.2, 0) is 17.9 Å². The minimum Gasteiger partial charge on any atom is -0.357 e. The predicted molar refractivity (Wildman–Crippen MR) is 127 cm³/mol. The first-order chi connectivity index (χ1) is 13.1. The molecule has 1 aliphatic heterocycles. The van der Waals surface area contributed by atoms with E-state index in [1.807, 2.05) is 6.92 Å². The Morgan fingerprint density at radius 1 is 1.04 bits per heavy atom. The van der Waals surface area contributed by atoms with Crippen LogP contribution in [0.5, 0.6) is 0 Å². The Kier molecular flexibility index (Phi) is 12.1. The number of nitrogens with zero attached hydrogens (tertiary/aromatic N) is 3. The van der Waals surface area contributed by atoms with Crippen LogP contribution >= 0.6 is 24.0 Å². The van der Waals surface area contributed by atoms with Crippen molar-refractivity contribution in [2.75, 3.05) is 40.3 Å². The number of aliphatic imine (C=N–C) groups is 1. The monoisotopic (exact) mass is 501 g/mol. The molecule has 6 nitrogen and oxygen atoms in total. The number of guanidine groups is 1. The molecule has 0 aromatic heterocycles. The summed E-state index contributed by atoms with van der Waals surface area (Å²) in [5, 5.41) is 6.26. The summed E-state index contributed by atoms with van der Waals surface area (Å²) >= 11 is 0. The highest BCUT2D eigenvalue weighted by Crippen LogP contribution is 2.14. The van der Waals surface area contributed by atoms with Crippen molar-refractivity contribution >= 4 is 35.8 Å². The van der Waals surface area contributed by atoms with Crippen LogP contribution in [-0.4, -0.2) is 61.9 Å². The Morgan fingerprint density at radius 3 is 2.21 bits per heavy atom. The molecule has 158 valence electrons. The molecule has 0 saturated carbocycles. The van der Waals surface area contributed by atoms with E-state index in [-0.39, 0.29) is 36.4 Å². The smallest absolute Gasteiger partial charge is 0.241 e. The van der Waals surface area contributed by atoms with E-state index >= 15 is 0 Å². The van der Waals surface area contributed by atoms with Crippen molar-refractivity contribution in [1.29, 1.82) is 0 Å². The number of nitrogens with one attached hydrogen (secondary N) is 2. The van der Waals surface area contributed by atoms with Crippen LogP contribution in [0.1, 0.15) is 43.7 Å². The van der Waals surface area contributed by atoms with E-state index in [1.165, 1.54) is 49.9 Å². The zero-order valence-electron chi connectivity index (χ0n) is 17.5. The first kappa shape index (κ1) is 24.7. The second kappa shape index (κ2) is 13.8. The van der Waals surface area contributed by atoms with Crippen molar-refractivity contribution in [2.24, 2.45) is 4.99 Å². The summed E-state index contributed by atoms with van der Waals surface area (Å²) in [4.78, 5) is 20.4. The Morgan fingerprint density at radius 2 is 1.64 bits per heavy atom. The lowest BCUT2D eigenvalue weighted by Gasteiger charge is -2.19. The van der Waals surface area contributed by atoms with Gasteiger partial charge in [-0.2, -0.15) is 0 Å². The van der Waals surface area contributed by atoms with E-state index in [0.717, 1.165) is 13.1 Å². The Bertz CT molecular complexity index is 595. The Labute approximate surface area is 187 Å². The van der Waals surface area contributed by atoms with Crippen LogP contribution in [0, 0.1) is 0 Å². The highest BCUT2D eigenvalue weighted by Gasteiger charge is 2.09. The number of likely N-dealkylation sites (tertiary alicyclic amines) is 1. The van der Waals surface area contributed by atoms with E-state index < -0.39 is 0 Å². The van der Waals surface area contributed by atoms with Gasteiger partial charge >= 0.3 is 0 Å². The summed E-state index contributed by atoms with van der Waals surface area (Å²) in [6.07, 6.45) is 5.39. The van der Waals surface area contributed by atoms with E-state index in [1.54, 1.807) is 19.0 Å². The highest BCUT2D eigenvalue weighted by molar-refractivity contribution is 14.0. The molecule has 1 heterocycles. The second-order valence-corrected chi connectivity index (χ2v) is 7.34. The molecule has 1 amide bonds. The van der Waals surface area contributed by atoms with Gasteiger partial charge in [-0.3, -0.25) is 9.69 Å². The number of hydrogen-bond acceptors (Lipinski definition) is 3. The van der Waals surface area contributed by atoms with Gasteiger partial charge in [0.15, 0.2) is 5.96 Å². The van der Waals surface area contributed by atoms with Gasteiger partial charge in [0.05, 0.1) is 13.1 Å². The van der Waals surface area contributed by atoms with E-state index in [2.05, 4.69) is 44.8 Å². The van der Waals surface area contributed by atoms with Gasteiger partial charge in [-0.15, -0.1) is 24.0 Å². The van der Waals surface area contributed by atoms with Gasteiger partial charge in [-0.25, -0.2) is 4.99 Å². The molecule has 1 aromatic carbocycles. The molecule has 0 atom stereocenters. The van der Waals surface area contributed by atoms with E-state index in [9.17, 15) is 4.79 Å². The molecule has 0 radical (unpaired) electrons. The maximum Gasteiger partial charge on any atom is 0.241 e. The summed E-state index contributed by atoms with van der Waals surface area (Å²) in [7, 11) is 3.50. The van der Waals surface area contributed by atoms with Crippen LogP contribution in [0.15, 0.2) is 29.3 Å². The number of halogens is 1. The number of benzene rings is 1. The third kappa shape index (κ3) is 9.23. The number of rotatable bonds is 7. The molecule has 2 rings (SSSR count). The fraction of sp³-hybridized carbons (Fsp3) is 0.619. The summed E-state index contributed by atoms with van der Waals surface area (Å²) in [5.74, 6) is 0.694. The van der Waals surface area contributed by atoms with Crippen molar-refractivity contribution in [3.05, 3.63) is 35.4 Å². The lowest BCUT2D eigenvalue weighted by atomic mass is 10.1. The second-order valence-electron chi connectivity index (χ2n) is 7.34. The Balaban J connectivity index is 0.00000392. The van der Waals surface area contributed by atoms with Gasteiger partial charge in [-0.05, 0) is 44.0 Å². The standard InChI is InChI=1S/C21H35N5O.HI/c1-4-22-21(24-16-20(27)25(2)3)23-15-18-9-11-19(12-10-18)17-26-13-7-5-6-8-14-26;/h9-12H,4-8,13-17H2,1-3H3,(H2,22,23,24);1H. The maximum atomic E-state index is 11.7. The topological polar surface area (TPSA) is 60.0 Å². The summed E-state index contributed by atoms with van der Waals surface area (Å²) < 4.78 is 0. The molecule has 0 unspecified atom stereocenters. The van der Waals surface area contributed by atoms with Crippen molar-refractivity contribution in [3.63, 3.8) is 0 Å². The molecular weight excluding hydrogens is 465 g/mol. The zero-order chi connectivity index (χ0) is 19.5. The molecule has 28 heavy (non-hydrogen) atoms. The maximum absolute atomic E-state index is 11.7. The molecule has 0 spiro atoms. The number of carbonyl (C=O) groups is 1. The van der Waals surface area contributed by atoms with Crippen LogP contribution in [0.4, 0.5) is 0 Å². The first-order valence-corrected chi connectivity index (χ1v) is 10.1. The molecule has 1 saturated heterocycles. The molecular formula is C21H36IN5O. The molecule has 7 heteroatoms. The highest BCUT2D eigenvalue weighted by atomic mass is 127. The molecule has 1 aliphatic rings. The van der Waals surface area contributed by atoms with Gasteiger partial charge in [0.2, 0.25) is 5.91 Å². The van der Waals surface area contributed by atoms with Crippen molar-refractivity contribution < 1.29 is 4.79 Å². The molecule has 1 aromatic rings. The number of amides is 1. The summed E-state index contributed by atoms with van der Waals surface area (Å²) in [6, 6.07) is 8.74. The SMILES string of the molecule is CCNC(=NCc1ccc(CN2CCCCCC2)cc1)NCC(=O)N(C)C.I. The third-order valence-corrected chi connectivity index (χ3v) is 4.80. The third-order valence-electron chi connectivity index (χ3n) is 4.80. The van der Waals surface area contributed by atoms with Gasteiger partial charge in [0, 0.05) is 27.2 Å². The molecule has 0 aliphatic carbocycles. The average Bonchev–Trinajstić information content (AvgIpc) is 2.93. The fourth-order valence-corrected chi connectivity index (χ4v) is 3.13. The average molecular weight is 501 g/mol. The van der Waals surface area contributed by atoms with Crippen molar-refractivity contribution in [3.8, 4) is 0 Å². The van der Waals surface area contributed by atoms with Crippen molar-refractivity contribution in [1.82, 2.24) is 20.4 Å². The normalized spacial score (nSPS) is 15.3. The largest absolute Gasteiger partial charge is 0.357 e. The van der Waals surface area contributed by atoms with Gasteiger partial charge < -0.3 is 15.5 Å². The quantitative estimate of drug-likeness (QED) is 0.343. The van der Waals surface area contributed by atoms with Crippen LogP contribution < -0.4 is 10.6 Å². The molecule has 2 N–H and O–H groups in total. The van der Waals surface area contributed by atoms with Crippen molar-refractivity contribution in [2.45, 2.75) is 45.7 Å². The fourth-order valence-electron chi connectivity index (χ4n) is 3.13. The predicted octanol–water partition coefficient (Wildman–Crippen LogP) is 2.82. The van der Waals surface area contributed by atoms with Crippen LogP contribution in [0.25, 0.3) is 0 Å². The van der Waals surface area contributed by atoms with E-state index in [0.29, 0.717) is 12.5 Å². The van der Waals surface area contributed by atoms with Crippen LogP contribution in [0.3, 0.4) is 0 Å². The lowest BCUT2D eigenvalue weighted by Crippen LogP contribution is -2.42.